The summed E-state index contributed by atoms with van der Waals surface area (Å²) < 4.78 is 0. The van der Waals surface area contributed by atoms with E-state index in [-0.39, 0.29) is 82.1 Å². The molecule has 0 aliphatic rings. The molecule has 0 amide bonds. The molecular weight excluding hydrogens is 341 g/mol. The van der Waals surface area contributed by atoms with Gasteiger partial charge in [-0.1, -0.05) is 0 Å². The number of hydrogen-bond donors (Lipinski definition) is 1. The van der Waals surface area contributed by atoms with Crippen LogP contribution in [0.3, 0.4) is 0 Å². The minimum absolute atomic E-state index is 0. The van der Waals surface area contributed by atoms with Gasteiger partial charge in [0.05, 0.1) is 0 Å². The van der Waals surface area contributed by atoms with E-state index in [0.717, 1.165) is 6.92 Å². The van der Waals surface area contributed by atoms with Gasteiger partial charge >= 0.3 is 0 Å². The Labute approximate surface area is 103 Å². The second-order valence-corrected chi connectivity index (χ2v) is 0.519. The fraction of sp³-hybridized carbons (Fsp3) is 0.500. The van der Waals surface area contributed by atoms with Crippen molar-refractivity contribution in [3.63, 3.8) is 0 Å². The molecule has 1 radical (unpaired) electrons. The third-order valence-electron chi connectivity index (χ3n) is 0. The van der Waals surface area contributed by atoms with Gasteiger partial charge in [-0.05, 0) is 0 Å². The van der Waals surface area contributed by atoms with Gasteiger partial charge in [-0.15, -0.1) is 0 Å². The fourth-order valence-corrected chi connectivity index (χ4v) is 0. The Morgan fingerprint density at radius 2 is 1.67 bits per heavy atom. The molecule has 6 heavy (non-hydrogen) atoms. The predicted molar refractivity (Wildman–Crippen MR) is 13.3 cm³/mol. The molecule has 31 valence electrons. The summed E-state index contributed by atoms with van der Waals surface area (Å²) in [6.07, 6.45) is 0. The quantitative estimate of drug-likeness (QED) is 0.676. The molecule has 0 aliphatic heterocycles. The van der Waals surface area contributed by atoms with E-state index in [1.165, 1.54) is 0 Å². The minimum atomic E-state index is -0.833. The molecule has 0 aromatic rings. The van der Waals surface area contributed by atoms with E-state index in [0.29, 0.717) is 0 Å². The maximum absolute atomic E-state index is 9.00. The first-order valence-electron chi connectivity index (χ1n) is 0.928. The van der Waals surface area contributed by atoms with Gasteiger partial charge in [0.15, 0.2) is 0 Å². The van der Waals surface area contributed by atoms with Crippen molar-refractivity contribution in [2.75, 3.05) is 0 Å². The van der Waals surface area contributed by atoms with E-state index in [2.05, 4.69) is 0 Å². The third-order valence-corrected chi connectivity index (χ3v) is 0. The number of aliphatic carboxylic acids is 1. The zero-order chi connectivity index (χ0) is 3.58. The Balaban J connectivity index is -0.0000000450. The molecule has 0 aromatic carbocycles. The van der Waals surface area contributed by atoms with Crippen molar-refractivity contribution in [1.29, 1.82) is 0 Å². The van der Waals surface area contributed by atoms with Crippen molar-refractivity contribution in [2.45, 2.75) is 6.92 Å². The minimum Gasteiger partial charge on any atom is -0.481 e. The molecule has 0 saturated carbocycles. The van der Waals surface area contributed by atoms with Crippen LogP contribution < -0.4 is 0 Å². The molecule has 0 fully saturated rings. The summed E-state index contributed by atoms with van der Waals surface area (Å²) in [5, 5.41) is 7.42. The van der Waals surface area contributed by atoms with Gasteiger partial charge in [0.2, 0.25) is 0 Å². The summed E-state index contributed by atoms with van der Waals surface area (Å²) >= 11 is 0. The first kappa shape index (κ1) is 15.7. The van der Waals surface area contributed by atoms with Crippen LogP contribution in [-0.2, 0) is 4.79 Å². The fourth-order valence-electron chi connectivity index (χ4n) is 0. The average molecular weight is 345 g/mol. The van der Waals surface area contributed by atoms with E-state index in [1.807, 2.05) is 0 Å². The van der Waals surface area contributed by atoms with Crippen molar-refractivity contribution in [2.24, 2.45) is 0 Å². The molecule has 0 rings (SSSR count). The summed E-state index contributed by atoms with van der Waals surface area (Å²) in [7, 11) is 0. The van der Waals surface area contributed by atoms with Crippen LogP contribution in [0.15, 0.2) is 0 Å². The Bertz CT molecular complexity index is 34.5. The maximum atomic E-state index is 9.00. The predicted octanol–water partition coefficient (Wildman–Crippen LogP) is 0.0909. The molecule has 4 heteroatoms. The summed E-state index contributed by atoms with van der Waals surface area (Å²) in [4.78, 5) is 9.00. The third kappa shape index (κ3) is 34.8. The first-order valence-corrected chi connectivity index (χ1v) is 0.928. The van der Waals surface area contributed by atoms with Gasteiger partial charge in [-0.25, -0.2) is 0 Å². The first-order chi connectivity index (χ1) is 1.73. The van der Waals surface area contributed by atoms with Crippen LogP contribution in [0.2, 0.25) is 0 Å². The molecule has 2 nitrogen and oxygen atoms in total. The Kier molecular flexibility index (Phi) is 26.8. The number of carboxylic acid groups (broad SMARTS) is 1. The normalized spacial score (nSPS) is 4.17. The smallest absolute Gasteiger partial charge is 0.300 e. The number of carbonyl (C=O) groups is 1. The van der Waals surface area contributed by atoms with E-state index in [1.54, 1.807) is 0 Å². The number of carboxylic acids is 1. The molecule has 0 bridgehead atoms. The summed E-state index contributed by atoms with van der Waals surface area (Å²) in [6.45, 7) is 1.08. The molecule has 0 heterocycles. The van der Waals surface area contributed by atoms with Crippen molar-refractivity contribution in [3.8, 4) is 0 Å². The SMILES string of the molecule is CC(=O)O.[Nd].[Pr]. The van der Waals surface area contributed by atoms with Crippen molar-refractivity contribution >= 4 is 5.97 Å². The van der Waals surface area contributed by atoms with Crippen LogP contribution in [0, 0.1) is 82.1 Å². The monoisotopic (exact) mass is 343 g/mol. The van der Waals surface area contributed by atoms with E-state index >= 15 is 0 Å². The molecule has 0 atom stereocenters. The van der Waals surface area contributed by atoms with Gasteiger partial charge in [0, 0.05) is 89.1 Å². The molecule has 0 spiro atoms. The van der Waals surface area contributed by atoms with Crippen molar-refractivity contribution < 1.29 is 92.0 Å². The van der Waals surface area contributed by atoms with Crippen LogP contribution in [0.25, 0.3) is 0 Å². The molecule has 0 aliphatic carbocycles. The van der Waals surface area contributed by atoms with Gasteiger partial charge < -0.3 is 5.11 Å². The Hall–Kier alpha value is 2.18. The van der Waals surface area contributed by atoms with Crippen LogP contribution in [0.4, 0.5) is 0 Å². The molecule has 0 unspecified atom stereocenters. The van der Waals surface area contributed by atoms with Crippen molar-refractivity contribution in [1.82, 2.24) is 0 Å². The van der Waals surface area contributed by atoms with Gasteiger partial charge in [-0.3, -0.25) is 4.79 Å². The number of hydrogen-bond acceptors (Lipinski definition) is 1. The van der Waals surface area contributed by atoms with Gasteiger partial charge in [0.25, 0.3) is 5.97 Å². The Morgan fingerprint density at radius 3 is 1.67 bits per heavy atom. The zero-order valence-electron chi connectivity index (χ0n) is 3.43. The molecular formula is C2H4NdO2Pr. The van der Waals surface area contributed by atoms with E-state index in [4.69, 9.17) is 9.90 Å². The van der Waals surface area contributed by atoms with E-state index in [9.17, 15) is 0 Å². The molecule has 0 aromatic heterocycles. The van der Waals surface area contributed by atoms with Gasteiger partial charge in [0.1, 0.15) is 0 Å². The van der Waals surface area contributed by atoms with Crippen LogP contribution in [0.5, 0.6) is 0 Å². The van der Waals surface area contributed by atoms with E-state index < -0.39 is 5.97 Å². The summed E-state index contributed by atoms with van der Waals surface area (Å²) in [6, 6.07) is 0. The van der Waals surface area contributed by atoms with Crippen LogP contribution in [-0.4, -0.2) is 11.1 Å². The molecule has 1 N–H and O–H groups in total. The van der Waals surface area contributed by atoms with Crippen LogP contribution in [0.1, 0.15) is 6.92 Å². The summed E-state index contributed by atoms with van der Waals surface area (Å²) in [5.74, 6) is -0.833. The zero-order valence-corrected chi connectivity index (χ0v) is 10.3. The maximum Gasteiger partial charge on any atom is 0.300 e. The second-order valence-electron chi connectivity index (χ2n) is 0.519. The average Bonchev–Trinajstić information content (AvgIpc) is 0.811. The van der Waals surface area contributed by atoms with Crippen molar-refractivity contribution in [3.05, 3.63) is 0 Å². The summed E-state index contributed by atoms with van der Waals surface area (Å²) in [5.41, 5.74) is 0. The standard InChI is InChI=1S/C2H4O2.Nd.Pr/c1-2(3)4;;/h1H3,(H,3,4);;. The topological polar surface area (TPSA) is 37.3 Å². The number of rotatable bonds is 0. The van der Waals surface area contributed by atoms with Gasteiger partial charge in [-0.2, -0.15) is 0 Å². The molecule has 0 saturated heterocycles. The second kappa shape index (κ2) is 10.2. The van der Waals surface area contributed by atoms with Crippen LogP contribution >= 0.6 is 0 Å². The largest absolute Gasteiger partial charge is 0.481 e. The Morgan fingerprint density at radius 1 is 1.67 bits per heavy atom.